The first-order chi connectivity index (χ1) is 14.3. The van der Waals surface area contributed by atoms with E-state index in [1.165, 1.54) is 32.5 Å². The molecule has 156 valence electrons. The van der Waals surface area contributed by atoms with E-state index in [1.54, 1.807) is 37.3 Å². The molecule has 0 aliphatic heterocycles. The van der Waals surface area contributed by atoms with Gasteiger partial charge in [-0.1, -0.05) is 18.2 Å². The molecule has 0 saturated carbocycles. The Bertz CT molecular complexity index is 1270. The van der Waals surface area contributed by atoms with Crippen molar-refractivity contribution in [2.24, 2.45) is 0 Å². The summed E-state index contributed by atoms with van der Waals surface area (Å²) in [6.07, 6.45) is 2.81. The Hall–Kier alpha value is -3.95. The number of nitrogens with one attached hydrogen (secondary N) is 2. The van der Waals surface area contributed by atoms with Gasteiger partial charge in [0, 0.05) is 55.8 Å². The minimum Gasteiger partial charge on any atom is -0.335 e. The monoisotopic (exact) mass is 411 g/mol. The van der Waals surface area contributed by atoms with Crippen molar-refractivity contribution in [3.63, 3.8) is 0 Å². The maximum absolute atomic E-state index is 13.0. The molecule has 30 heavy (non-hydrogen) atoms. The summed E-state index contributed by atoms with van der Waals surface area (Å²) in [4.78, 5) is 65.6. The van der Waals surface area contributed by atoms with Crippen LogP contribution in [0.15, 0.2) is 68.0 Å². The Balaban J connectivity index is 1.82. The second kappa shape index (κ2) is 9.03. The lowest BCUT2D eigenvalue weighted by Crippen LogP contribution is -2.40. The third kappa shape index (κ3) is 4.90. The third-order valence-corrected chi connectivity index (χ3v) is 4.62. The molecule has 10 heteroatoms. The molecule has 2 aromatic heterocycles. The van der Waals surface area contributed by atoms with Crippen LogP contribution in [0, 0.1) is 6.92 Å². The molecule has 2 heterocycles. The second-order valence-corrected chi connectivity index (χ2v) is 6.73. The second-order valence-electron chi connectivity index (χ2n) is 6.73. The smallest absolute Gasteiger partial charge is 0.328 e. The summed E-state index contributed by atoms with van der Waals surface area (Å²) in [6.45, 7) is 2.27. The number of hydrogen-bond donors (Lipinski definition) is 2. The fourth-order valence-electron chi connectivity index (χ4n) is 2.94. The van der Waals surface area contributed by atoms with E-state index in [2.05, 4.69) is 9.97 Å². The van der Waals surface area contributed by atoms with Crippen LogP contribution >= 0.6 is 0 Å². The third-order valence-electron chi connectivity index (χ3n) is 4.62. The SMILES string of the molecule is Cc1cn(CCN(CCn2ccc(=O)[nH]c2=O)C(=O)c2ccccc2)c(=O)[nH]c1=O. The average molecular weight is 411 g/mol. The van der Waals surface area contributed by atoms with Crippen molar-refractivity contribution in [3.05, 3.63) is 102 Å². The number of hydrogen-bond acceptors (Lipinski definition) is 5. The van der Waals surface area contributed by atoms with Crippen LogP contribution in [0.25, 0.3) is 0 Å². The van der Waals surface area contributed by atoms with E-state index in [0.29, 0.717) is 11.1 Å². The molecule has 0 aliphatic rings. The lowest BCUT2D eigenvalue weighted by atomic mass is 10.2. The van der Waals surface area contributed by atoms with Gasteiger partial charge < -0.3 is 4.90 Å². The Morgan fingerprint density at radius 3 is 2.20 bits per heavy atom. The van der Waals surface area contributed by atoms with E-state index in [4.69, 9.17) is 0 Å². The van der Waals surface area contributed by atoms with Gasteiger partial charge in [-0.05, 0) is 19.1 Å². The molecule has 0 fully saturated rings. The molecule has 0 aliphatic carbocycles. The Labute approximate surface area is 170 Å². The normalized spacial score (nSPS) is 10.7. The summed E-state index contributed by atoms with van der Waals surface area (Å²) in [6, 6.07) is 9.87. The van der Waals surface area contributed by atoms with Gasteiger partial charge in [-0.15, -0.1) is 0 Å². The lowest BCUT2D eigenvalue weighted by Gasteiger charge is -2.23. The number of carbonyl (C=O) groups excluding carboxylic acids is 1. The molecule has 0 bridgehead atoms. The Kier molecular flexibility index (Phi) is 6.26. The van der Waals surface area contributed by atoms with E-state index in [0.717, 1.165) is 0 Å². The predicted octanol–water partition coefficient (Wildman–Crippen LogP) is -0.462. The molecule has 0 saturated heterocycles. The topological polar surface area (TPSA) is 130 Å². The molecule has 0 atom stereocenters. The standard InChI is InChI=1S/C20H21N5O5/c1-14-13-25(20(30)22-17(14)27)12-10-23(18(28)15-5-3-2-4-6-15)9-11-24-8-7-16(26)21-19(24)29/h2-8,13H,9-12H2,1H3,(H,21,26,29)(H,22,27,30). The summed E-state index contributed by atoms with van der Waals surface area (Å²) in [5.74, 6) is -0.262. The summed E-state index contributed by atoms with van der Waals surface area (Å²) < 4.78 is 2.62. The van der Waals surface area contributed by atoms with Crippen molar-refractivity contribution >= 4 is 5.91 Å². The summed E-state index contributed by atoms with van der Waals surface area (Å²) in [5.41, 5.74) is -1.23. The number of carbonyl (C=O) groups is 1. The maximum Gasteiger partial charge on any atom is 0.328 e. The van der Waals surface area contributed by atoms with Crippen LogP contribution in [-0.2, 0) is 13.1 Å². The molecular weight excluding hydrogens is 390 g/mol. The van der Waals surface area contributed by atoms with Crippen LogP contribution < -0.4 is 22.5 Å². The molecular formula is C20H21N5O5. The molecule has 1 amide bonds. The van der Waals surface area contributed by atoms with Crippen molar-refractivity contribution in [2.75, 3.05) is 13.1 Å². The zero-order chi connectivity index (χ0) is 21.7. The van der Waals surface area contributed by atoms with Crippen molar-refractivity contribution in [1.82, 2.24) is 24.0 Å². The minimum atomic E-state index is -0.568. The number of nitrogens with zero attached hydrogens (tertiary/aromatic N) is 3. The van der Waals surface area contributed by atoms with Gasteiger partial charge in [0.05, 0.1) is 0 Å². The summed E-state index contributed by atoms with van der Waals surface area (Å²) >= 11 is 0. The van der Waals surface area contributed by atoms with Gasteiger partial charge in [0.15, 0.2) is 0 Å². The van der Waals surface area contributed by atoms with Gasteiger partial charge in [-0.25, -0.2) is 9.59 Å². The van der Waals surface area contributed by atoms with Crippen LogP contribution in [0.3, 0.4) is 0 Å². The summed E-state index contributed by atoms with van der Waals surface area (Å²) in [7, 11) is 0. The molecule has 10 nitrogen and oxygen atoms in total. The number of rotatable bonds is 7. The summed E-state index contributed by atoms with van der Waals surface area (Å²) in [5, 5.41) is 0. The van der Waals surface area contributed by atoms with Gasteiger partial charge >= 0.3 is 11.4 Å². The van der Waals surface area contributed by atoms with Crippen LogP contribution in [-0.4, -0.2) is 43.0 Å². The van der Waals surface area contributed by atoms with Gasteiger partial charge in [0.1, 0.15) is 0 Å². The van der Waals surface area contributed by atoms with Crippen molar-refractivity contribution in [1.29, 1.82) is 0 Å². The molecule has 0 unspecified atom stereocenters. The number of amides is 1. The largest absolute Gasteiger partial charge is 0.335 e. The molecule has 2 N–H and O–H groups in total. The number of aryl methyl sites for hydroxylation is 1. The van der Waals surface area contributed by atoms with E-state index >= 15 is 0 Å². The lowest BCUT2D eigenvalue weighted by molar-refractivity contribution is 0.0742. The molecule has 1 aromatic carbocycles. The number of benzene rings is 1. The quantitative estimate of drug-likeness (QED) is 0.543. The fraction of sp³-hybridized carbons (Fsp3) is 0.250. The van der Waals surface area contributed by atoms with Gasteiger partial charge in [0.25, 0.3) is 17.0 Å². The highest BCUT2D eigenvalue weighted by Gasteiger charge is 2.16. The van der Waals surface area contributed by atoms with Gasteiger partial charge in [-0.3, -0.25) is 33.5 Å². The first-order valence-corrected chi connectivity index (χ1v) is 9.29. The first kappa shape index (κ1) is 20.8. The maximum atomic E-state index is 13.0. The minimum absolute atomic E-state index is 0.160. The van der Waals surface area contributed by atoms with E-state index in [-0.39, 0.29) is 32.1 Å². The van der Waals surface area contributed by atoms with E-state index in [1.807, 2.05) is 0 Å². The average Bonchev–Trinajstić information content (AvgIpc) is 2.73. The van der Waals surface area contributed by atoms with Gasteiger partial charge in [0.2, 0.25) is 0 Å². The van der Waals surface area contributed by atoms with E-state index < -0.39 is 22.5 Å². The zero-order valence-corrected chi connectivity index (χ0v) is 16.3. The zero-order valence-electron chi connectivity index (χ0n) is 16.3. The Morgan fingerprint density at radius 1 is 0.900 bits per heavy atom. The van der Waals surface area contributed by atoms with Crippen LogP contribution in [0.4, 0.5) is 0 Å². The van der Waals surface area contributed by atoms with Crippen LogP contribution in [0.2, 0.25) is 0 Å². The van der Waals surface area contributed by atoms with Crippen LogP contribution in [0.1, 0.15) is 15.9 Å². The number of aromatic nitrogens is 4. The number of H-pyrrole nitrogens is 2. The molecule has 0 radical (unpaired) electrons. The highest BCUT2D eigenvalue weighted by atomic mass is 16.2. The number of aromatic amines is 2. The van der Waals surface area contributed by atoms with Crippen molar-refractivity contribution < 1.29 is 4.79 Å². The van der Waals surface area contributed by atoms with Crippen molar-refractivity contribution in [3.8, 4) is 0 Å². The highest BCUT2D eigenvalue weighted by Crippen LogP contribution is 2.05. The van der Waals surface area contributed by atoms with E-state index in [9.17, 15) is 24.0 Å². The molecule has 0 spiro atoms. The van der Waals surface area contributed by atoms with Crippen molar-refractivity contribution in [2.45, 2.75) is 20.0 Å². The molecule has 3 aromatic rings. The fourth-order valence-corrected chi connectivity index (χ4v) is 2.94. The van der Waals surface area contributed by atoms with Crippen LogP contribution in [0.5, 0.6) is 0 Å². The first-order valence-electron chi connectivity index (χ1n) is 9.29. The predicted molar refractivity (Wildman–Crippen MR) is 110 cm³/mol. The van der Waals surface area contributed by atoms with Gasteiger partial charge in [-0.2, -0.15) is 0 Å². The highest BCUT2D eigenvalue weighted by molar-refractivity contribution is 5.94. The Morgan fingerprint density at radius 2 is 1.53 bits per heavy atom. The molecule has 3 rings (SSSR count).